The summed E-state index contributed by atoms with van der Waals surface area (Å²) in [5.41, 5.74) is 0.0965. The first-order valence-electron chi connectivity index (χ1n) is 6.40. The van der Waals surface area contributed by atoms with Gasteiger partial charge in [0.2, 0.25) is 0 Å². The summed E-state index contributed by atoms with van der Waals surface area (Å²) in [5, 5.41) is 15.6. The second kappa shape index (κ2) is 7.96. The van der Waals surface area contributed by atoms with E-state index in [1.165, 1.54) is 25.1 Å². The minimum atomic E-state index is -0.308. The van der Waals surface area contributed by atoms with Crippen molar-refractivity contribution in [3.63, 3.8) is 0 Å². The van der Waals surface area contributed by atoms with Crippen LogP contribution < -0.4 is 10.6 Å². The first kappa shape index (κ1) is 15.7. The molecule has 0 aliphatic carbocycles. The van der Waals surface area contributed by atoms with Crippen molar-refractivity contribution in [1.29, 1.82) is 0 Å². The summed E-state index contributed by atoms with van der Waals surface area (Å²) in [6.45, 7) is 2.76. The maximum atomic E-state index is 11.8. The van der Waals surface area contributed by atoms with Gasteiger partial charge in [0, 0.05) is 12.7 Å². The SMILES string of the molecule is Cl.O=C(NCCC1CCCNC1)c1ncccc1O. The third-order valence-corrected chi connectivity index (χ3v) is 3.24. The highest BCUT2D eigenvalue weighted by molar-refractivity contribution is 5.94. The number of amides is 1. The van der Waals surface area contributed by atoms with Crippen LogP contribution in [0.1, 0.15) is 29.8 Å². The van der Waals surface area contributed by atoms with Gasteiger partial charge in [-0.1, -0.05) is 0 Å². The van der Waals surface area contributed by atoms with Gasteiger partial charge < -0.3 is 15.7 Å². The molecule has 1 aliphatic heterocycles. The molecule has 1 amide bonds. The van der Waals surface area contributed by atoms with E-state index >= 15 is 0 Å². The van der Waals surface area contributed by atoms with Crippen LogP contribution in [-0.2, 0) is 0 Å². The molecule has 3 N–H and O–H groups in total. The Morgan fingerprint density at radius 3 is 3.11 bits per heavy atom. The average molecular weight is 286 g/mol. The van der Waals surface area contributed by atoms with Crippen molar-refractivity contribution in [2.75, 3.05) is 19.6 Å². The third kappa shape index (κ3) is 4.69. The lowest BCUT2D eigenvalue weighted by atomic mass is 9.96. The number of piperidine rings is 1. The molecular weight excluding hydrogens is 266 g/mol. The molecule has 1 fully saturated rings. The molecule has 5 nitrogen and oxygen atoms in total. The van der Waals surface area contributed by atoms with Gasteiger partial charge in [0.15, 0.2) is 5.69 Å². The molecule has 2 rings (SSSR count). The number of aromatic hydroxyl groups is 1. The molecule has 1 unspecified atom stereocenters. The number of nitrogens with one attached hydrogen (secondary N) is 2. The summed E-state index contributed by atoms with van der Waals surface area (Å²) in [5.74, 6) is 0.252. The van der Waals surface area contributed by atoms with Crippen molar-refractivity contribution in [2.24, 2.45) is 5.92 Å². The van der Waals surface area contributed by atoms with Gasteiger partial charge in [-0.05, 0) is 50.4 Å². The molecule has 0 bridgehead atoms. The second-order valence-corrected chi connectivity index (χ2v) is 4.63. The van der Waals surface area contributed by atoms with Crippen molar-refractivity contribution in [2.45, 2.75) is 19.3 Å². The van der Waals surface area contributed by atoms with Gasteiger partial charge in [-0.15, -0.1) is 12.4 Å². The molecule has 1 aromatic rings. The van der Waals surface area contributed by atoms with Crippen molar-refractivity contribution >= 4 is 18.3 Å². The van der Waals surface area contributed by atoms with E-state index in [1.807, 2.05) is 0 Å². The van der Waals surface area contributed by atoms with Crippen molar-refractivity contribution < 1.29 is 9.90 Å². The van der Waals surface area contributed by atoms with E-state index in [0.717, 1.165) is 19.5 Å². The Kier molecular flexibility index (Phi) is 6.59. The Bertz CT molecular complexity index is 409. The van der Waals surface area contributed by atoms with Gasteiger partial charge in [0.25, 0.3) is 5.91 Å². The summed E-state index contributed by atoms with van der Waals surface area (Å²) < 4.78 is 0. The van der Waals surface area contributed by atoms with Crippen molar-refractivity contribution in [1.82, 2.24) is 15.6 Å². The number of hydrogen-bond donors (Lipinski definition) is 3. The molecule has 2 heterocycles. The fourth-order valence-electron chi connectivity index (χ4n) is 2.22. The number of carbonyl (C=O) groups excluding carboxylic acids is 1. The lowest BCUT2D eigenvalue weighted by Gasteiger charge is -2.22. The Hall–Kier alpha value is -1.33. The van der Waals surface area contributed by atoms with Crippen LogP contribution in [0, 0.1) is 5.92 Å². The molecule has 1 aromatic heterocycles. The van der Waals surface area contributed by atoms with E-state index in [-0.39, 0.29) is 29.8 Å². The Morgan fingerprint density at radius 1 is 1.58 bits per heavy atom. The highest BCUT2D eigenvalue weighted by Crippen LogP contribution is 2.14. The standard InChI is InChI=1S/C13H19N3O2.ClH/c17-11-4-2-7-15-12(11)13(18)16-8-5-10-3-1-6-14-9-10;/h2,4,7,10,14,17H,1,3,5-6,8-9H2,(H,16,18);1H. The lowest BCUT2D eigenvalue weighted by Crippen LogP contribution is -2.33. The van der Waals surface area contributed by atoms with Gasteiger partial charge in [-0.2, -0.15) is 0 Å². The highest BCUT2D eigenvalue weighted by Gasteiger charge is 2.15. The molecule has 1 aliphatic rings. The minimum absolute atomic E-state index is 0. The molecule has 0 spiro atoms. The average Bonchev–Trinajstić information content (AvgIpc) is 2.40. The van der Waals surface area contributed by atoms with Crippen LogP contribution in [-0.4, -0.2) is 35.6 Å². The Labute approximate surface area is 119 Å². The number of hydrogen-bond acceptors (Lipinski definition) is 4. The number of nitrogens with zero attached hydrogens (tertiary/aromatic N) is 1. The molecule has 106 valence electrons. The predicted octanol–water partition coefficient (Wildman–Crippen LogP) is 1.33. The Balaban J connectivity index is 0.00000180. The normalized spacial score (nSPS) is 18.4. The van der Waals surface area contributed by atoms with E-state index in [1.54, 1.807) is 6.07 Å². The zero-order valence-corrected chi connectivity index (χ0v) is 11.6. The molecule has 0 saturated carbocycles. The van der Waals surface area contributed by atoms with Crippen molar-refractivity contribution in [3.8, 4) is 5.75 Å². The van der Waals surface area contributed by atoms with Crippen LogP contribution in [0.5, 0.6) is 5.75 Å². The van der Waals surface area contributed by atoms with Gasteiger partial charge >= 0.3 is 0 Å². The molecule has 1 atom stereocenters. The van der Waals surface area contributed by atoms with Crippen LogP contribution in [0.3, 0.4) is 0 Å². The number of halogens is 1. The molecule has 19 heavy (non-hydrogen) atoms. The molecule has 0 aromatic carbocycles. The van der Waals surface area contributed by atoms with Crippen LogP contribution in [0.4, 0.5) is 0 Å². The first-order chi connectivity index (χ1) is 8.77. The smallest absolute Gasteiger partial charge is 0.273 e. The summed E-state index contributed by atoms with van der Waals surface area (Å²) in [6, 6.07) is 3.06. The molecule has 1 saturated heterocycles. The lowest BCUT2D eigenvalue weighted by molar-refractivity contribution is 0.0942. The van der Waals surface area contributed by atoms with Gasteiger partial charge in [-0.25, -0.2) is 4.98 Å². The topological polar surface area (TPSA) is 74.2 Å². The zero-order chi connectivity index (χ0) is 12.8. The summed E-state index contributed by atoms with van der Waals surface area (Å²) in [6.07, 6.45) is 4.89. The van der Waals surface area contributed by atoms with Crippen LogP contribution in [0.25, 0.3) is 0 Å². The molecule has 6 heteroatoms. The zero-order valence-electron chi connectivity index (χ0n) is 10.8. The van der Waals surface area contributed by atoms with Gasteiger partial charge in [0.1, 0.15) is 5.75 Å². The largest absolute Gasteiger partial charge is 0.505 e. The second-order valence-electron chi connectivity index (χ2n) is 4.63. The quantitative estimate of drug-likeness (QED) is 0.780. The third-order valence-electron chi connectivity index (χ3n) is 3.24. The number of rotatable bonds is 4. The van der Waals surface area contributed by atoms with E-state index < -0.39 is 0 Å². The minimum Gasteiger partial charge on any atom is -0.505 e. The monoisotopic (exact) mass is 285 g/mol. The van der Waals surface area contributed by atoms with E-state index in [0.29, 0.717) is 12.5 Å². The number of pyridine rings is 1. The predicted molar refractivity (Wildman–Crippen MR) is 75.7 cm³/mol. The van der Waals surface area contributed by atoms with E-state index in [4.69, 9.17) is 0 Å². The summed E-state index contributed by atoms with van der Waals surface area (Å²) in [7, 11) is 0. The summed E-state index contributed by atoms with van der Waals surface area (Å²) in [4.78, 5) is 15.6. The van der Waals surface area contributed by atoms with Gasteiger partial charge in [-0.3, -0.25) is 4.79 Å². The molecular formula is C13H20ClN3O2. The van der Waals surface area contributed by atoms with Crippen LogP contribution in [0.2, 0.25) is 0 Å². The number of aromatic nitrogens is 1. The first-order valence-corrected chi connectivity index (χ1v) is 6.40. The highest BCUT2D eigenvalue weighted by atomic mass is 35.5. The van der Waals surface area contributed by atoms with Gasteiger partial charge in [0.05, 0.1) is 0 Å². The van der Waals surface area contributed by atoms with Crippen LogP contribution >= 0.6 is 12.4 Å². The maximum absolute atomic E-state index is 11.8. The summed E-state index contributed by atoms with van der Waals surface area (Å²) >= 11 is 0. The van der Waals surface area contributed by atoms with E-state index in [2.05, 4.69) is 15.6 Å². The van der Waals surface area contributed by atoms with E-state index in [9.17, 15) is 9.90 Å². The maximum Gasteiger partial charge on any atom is 0.273 e. The fourth-order valence-corrected chi connectivity index (χ4v) is 2.22. The van der Waals surface area contributed by atoms with Crippen LogP contribution in [0.15, 0.2) is 18.3 Å². The fraction of sp³-hybridized carbons (Fsp3) is 0.538. The molecule has 0 radical (unpaired) electrons. The number of carbonyl (C=O) groups is 1. The Morgan fingerprint density at radius 2 is 2.42 bits per heavy atom. The van der Waals surface area contributed by atoms with Crippen molar-refractivity contribution in [3.05, 3.63) is 24.0 Å².